The molecule has 108 valence electrons. The van der Waals surface area contributed by atoms with E-state index in [9.17, 15) is 4.79 Å². The number of carbonyl (C=O) groups excluding carboxylic acids is 1. The Balaban J connectivity index is 2.34. The van der Waals surface area contributed by atoms with Gasteiger partial charge >= 0.3 is 0 Å². The molecule has 0 saturated heterocycles. The second kappa shape index (κ2) is 6.09. The van der Waals surface area contributed by atoms with E-state index in [2.05, 4.69) is 5.16 Å². The lowest BCUT2D eigenvalue weighted by atomic mass is 10.1. The Morgan fingerprint density at radius 1 is 1.14 bits per heavy atom. The number of carbonyl (C=O) groups is 1. The number of hydrogen-bond donors (Lipinski definition) is 2. The van der Waals surface area contributed by atoms with Crippen molar-refractivity contribution in [3.05, 3.63) is 65.2 Å². The minimum absolute atomic E-state index is 0.0248. The van der Waals surface area contributed by atoms with Gasteiger partial charge in [-0.2, -0.15) is 0 Å². The van der Waals surface area contributed by atoms with Crippen LogP contribution in [0.2, 0.25) is 0 Å². The van der Waals surface area contributed by atoms with Crippen LogP contribution in [0.1, 0.15) is 21.5 Å². The Bertz CT molecular complexity index is 695. The monoisotopic (exact) mass is 283 g/mol. The van der Waals surface area contributed by atoms with E-state index in [0.29, 0.717) is 11.1 Å². The highest BCUT2D eigenvalue weighted by Gasteiger charge is 2.15. The summed E-state index contributed by atoms with van der Waals surface area (Å²) < 4.78 is 0. The van der Waals surface area contributed by atoms with Gasteiger partial charge in [-0.05, 0) is 30.7 Å². The van der Waals surface area contributed by atoms with E-state index in [4.69, 9.17) is 10.9 Å². The standard InChI is InChI=1S/C16H17N3O2/c1-11-6-3-4-9-14(11)19(2)16(20)13-8-5-7-12(10-13)15(17)18-21/h3-10,21H,1-2H3,(H2,17,18). The summed E-state index contributed by atoms with van der Waals surface area (Å²) in [6, 6.07) is 14.3. The highest BCUT2D eigenvalue weighted by molar-refractivity contribution is 6.08. The van der Waals surface area contributed by atoms with E-state index >= 15 is 0 Å². The van der Waals surface area contributed by atoms with Crippen LogP contribution in [0.4, 0.5) is 5.69 Å². The fraction of sp³-hybridized carbons (Fsp3) is 0.125. The molecular weight excluding hydrogens is 266 g/mol. The van der Waals surface area contributed by atoms with Crippen LogP contribution in [0.25, 0.3) is 0 Å². The second-order valence-corrected chi connectivity index (χ2v) is 4.72. The summed E-state index contributed by atoms with van der Waals surface area (Å²) in [6.07, 6.45) is 0. The Hall–Kier alpha value is -2.82. The van der Waals surface area contributed by atoms with Crippen LogP contribution in [-0.4, -0.2) is 24.0 Å². The third-order valence-electron chi connectivity index (χ3n) is 3.29. The first-order valence-corrected chi connectivity index (χ1v) is 6.46. The molecule has 0 aromatic heterocycles. The lowest BCUT2D eigenvalue weighted by molar-refractivity contribution is 0.0993. The smallest absolute Gasteiger partial charge is 0.258 e. The number of nitrogens with zero attached hydrogens (tertiary/aromatic N) is 2. The fourth-order valence-corrected chi connectivity index (χ4v) is 2.11. The molecule has 0 aliphatic heterocycles. The van der Waals surface area contributed by atoms with Crippen molar-refractivity contribution >= 4 is 17.4 Å². The molecule has 1 amide bonds. The summed E-state index contributed by atoms with van der Waals surface area (Å²) in [7, 11) is 1.72. The fourth-order valence-electron chi connectivity index (χ4n) is 2.11. The number of anilines is 1. The van der Waals surface area contributed by atoms with Crippen molar-refractivity contribution < 1.29 is 10.0 Å². The molecule has 0 atom stereocenters. The molecule has 0 fully saturated rings. The number of nitrogens with two attached hydrogens (primary N) is 1. The van der Waals surface area contributed by atoms with Gasteiger partial charge in [0.2, 0.25) is 0 Å². The third kappa shape index (κ3) is 3.02. The van der Waals surface area contributed by atoms with Crippen molar-refractivity contribution in [2.75, 3.05) is 11.9 Å². The van der Waals surface area contributed by atoms with E-state index in [1.54, 1.807) is 36.2 Å². The van der Waals surface area contributed by atoms with Crippen LogP contribution in [0.15, 0.2) is 53.7 Å². The zero-order valence-electron chi connectivity index (χ0n) is 11.9. The molecule has 0 aliphatic rings. The molecule has 0 spiro atoms. The SMILES string of the molecule is Cc1ccccc1N(C)C(=O)c1cccc(C(N)=NO)c1. The first kappa shape index (κ1) is 14.6. The van der Waals surface area contributed by atoms with Crippen molar-refractivity contribution in [1.82, 2.24) is 0 Å². The molecule has 3 N–H and O–H groups in total. The quantitative estimate of drug-likeness (QED) is 0.393. The molecule has 0 bridgehead atoms. The van der Waals surface area contributed by atoms with E-state index in [0.717, 1.165) is 11.3 Å². The molecule has 5 nitrogen and oxygen atoms in total. The zero-order valence-corrected chi connectivity index (χ0v) is 11.9. The number of aryl methyl sites for hydroxylation is 1. The maximum atomic E-state index is 12.5. The number of benzene rings is 2. The summed E-state index contributed by atoms with van der Waals surface area (Å²) in [5, 5.41) is 11.7. The Morgan fingerprint density at radius 2 is 1.81 bits per heavy atom. The average Bonchev–Trinajstić information content (AvgIpc) is 2.53. The molecule has 2 rings (SSSR count). The number of amides is 1. The maximum absolute atomic E-state index is 12.5. The van der Waals surface area contributed by atoms with Crippen LogP contribution in [0.5, 0.6) is 0 Å². The van der Waals surface area contributed by atoms with Crippen molar-refractivity contribution in [3.8, 4) is 0 Å². The Kier molecular flexibility index (Phi) is 4.23. The van der Waals surface area contributed by atoms with Gasteiger partial charge in [0.05, 0.1) is 0 Å². The molecule has 21 heavy (non-hydrogen) atoms. The summed E-state index contributed by atoms with van der Waals surface area (Å²) in [5.74, 6) is -0.180. The van der Waals surface area contributed by atoms with Gasteiger partial charge in [-0.25, -0.2) is 0 Å². The molecule has 0 unspecified atom stereocenters. The normalized spacial score (nSPS) is 11.2. The lowest BCUT2D eigenvalue weighted by Gasteiger charge is -2.19. The summed E-state index contributed by atoms with van der Waals surface area (Å²) in [4.78, 5) is 14.1. The molecule has 0 aliphatic carbocycles. The van der Waals surface area contributed by atoms with E-state index in [1.165, 1.54) is 0 Å². The second-order valence-electron chi connectivity index (χ2n) is 4.72. The van der Waals surface area contributed by atoms with Gasteiger partial charge in [-0.1, -0.05) is 35.5 Å². The molecule has 5 heteroatoms. The molecule has 2 aromatic carbocycles. The van der Waals surface area contributed by atoms with Crippen LogP contribution >= 0.6 is 0 Å². The summed E-state index contributed by atoms with van der Waals surface area (Å²) in [5.41, 5.74) is 8.39. The third-order valence-corrected chi connectivity index (χ3v) is 3.29. The first-order chi connectivity index (χ1) is 10.0. The van der Waals surface area contributed by atoms with E-state index in [1.807, 2.05) is 31.2 Å². The predicted octanol–water partition coefficient (Wildman–Crippen LogP) is 2.37. The number of rotatable bonds is 3. The molecular formula is C16H17N3O2. The first-order valence-electron chi connectivity index (χ1n) is 6.46. The largest absolute Gasteiger partial charge is 0.409 e. The van der Waals surface area contributed by atoms with Crippen molar-refractivity contribution in [3.63, 3.8) is 0 Å². The topological polar surface area (TPSA) is 78.9 Å². The zero-order chi connectivity index (χ0) is 15.4. The molecule has 0 heterocycles. The minimum Gasteiger partial charge on any atom is -0.409 e. The predicted molar refractivity (Wildman–Crippen MR) is 82.9 cm³/mol. The highest BCUT2D eigenvalue weighted by atomic mass is 16.4. The van der Waals surface area contributed by atoms with Crippen molar-refractivity contribution in [1.29, 1.82) is 0 Å². The van der Waals surface area contributed by atoms with Crippen LogP contribution < -0.4 is 10.6 Å². The molecule has 2 aromatic rings. The van der Waals surface area contributed by atoms with Gasteiger partial charge in [0.15, 0.2) is 5.84 Å². The van der Waals surface area contributed by atoms with Gasteiger partial charge in [0, 0.05) is 23.9 Å². The maximum Gasteiger partial charge on any atom is 0.258 e. The molecule has 0 radical (unpaired) electrons. The number of hydrogen-bond acceptors (Lipinski definition) is 3. The lowest BCUT2D eigenvalue weighted by Crippen LogP contribution is -2.27. The molecule has 0 saturated carbocycles. The van der Waals surface area contributed by atoms with Crippen LogP contribution in [-0.2, 0) is 0 Å². The Morgan fingerprint density at radius 3 is 2.48 bits per heavy atom. The van der Waals surface area contributed by atoms with Crippen molar-refractivity contribution in [2.24, 2.45) is 10.9 Å². The number of amidine groups is 1. The van der Waals surface area contributed by atoms with E-state index < -0.39 is 0 Å². The van der Waals surface area contributed by atoms with Gasteiger partial charge in [-0.3, -0.25) is 4.79 Å². The number of oxime groups is 1. The summed E-state index contributed by atoms with van der Waals surface area (Å²) in [6.45, 7) is 1.95. The van der Waals surface area contributed by atoms with Gasteiger partial charge in [0.1, 0.15) is 0 Å². The summed E-state index contributed by atoms with van der Waals surface area (Å²) >= 11 is 0. The van der Waals surface area contributed by atoms with Gasteiger partial charge in [0.25, 0.3) is 5.91 Å². The highest BCUT2D eigenvalue weighted by Crippen LogP contribution is 2.20. The van der Waals surface area contributed by atoms with Crippen molar-refractivity contribution in [2.45, 2.75) is 6.92 Å². The number of para-hydroxylation sites is 1. The minimum atomic E-state index is -0.156. The Labute approximate surface area is 123 Å². The van der Waals surface area contributed by atoms with Crippen LogP contribution in [0, 0.1) is 6.92 Å². The average molecular weight is 283 g/mol. The van der Waals surface area contributed by atoms with Gasteiger partial charge in [-0.15, -0.1) is 0 Å². The van der Waals surface area contributed by atoms with E-state index in [-0.39, 0.29) is 11.7 Å². The van der Waals surface area contributed by atoms with Crippen LogP contribution in [0.3, 0.4) is 0 Å². The van der Waals surface area contributed by atoms with Gasteiger partial charge < -0.3 is 15.8 Å².